The first-order valence-electron chi connectivity index (χ1n) is 13.3. The Balaban J connectivity index is 1.68. The molecule has 4 N–H and O–H groups in total. The second-order valence-corrected chi connectivity index (χ2v) is 11.2. The molecule has 0 radical (unpaired) electrons. The summed E-state index contributed by atoms with van der Waals surface area (Å²) in [5.41, 5.74) is 3.98. The summed E-state index contributed by atoms with van der Waals surface area (Å²) in [6.07, 6.45) is 0.0507. The van der Waals surface area contributed by atoms with E-state index < -0.39 is 64.4 Å². The van der Waals surface area contributed by atoms with E-state index in [1.54, 1.807) is 18.2 Å². The van der Waals surface area contributed by atoms with Crippen LogP contribution in [0.5, 0.6) is 23.0 Å². The molecule has 0 bridgehead atoms. The number of likely N-dealkylation sites (N-methyl/N-ethyl adjacent to an activating group) is 1. The topological polar surface area (TPSA) is 183 Å². The maximum absolute atomic E-state index is 14.0. The van der Waals surface area contributed by atoms with Crippen molar-refractivity contribution in [3.63, 3.8) is 0 Å². The van der Waals surface area contributed by atoms with E-state index in [0.29, 0.717) is 33.9 Å². The minimum Gasteiger partial charge on any atom is -0.507 e. The number of nitrogens with zero attached hydrogens (tertiary/aromatic N) is 1. The van der Waals surface area contributed by atoms with Crippen LogP contribution in [0.15, 0.2) is 24.3 Å². The van der Waals surface area contributed by atoms with Crippen molar-refractivity contribution in [3.8, 4) is 34.1 Å². The van der Waals surface area contributed by atoms with E-state index in [-0.39, 0.29) is 24.2 Å². The number of hydrogen-bond acceptors (Lipinski definition) is 11. The quantitative estimate of drug-likeness (QED) is 0.406. The lowest BCUT2D eigenvalue weighted by molar-refractivity contribution is -0.181. The highest BCUT2D eigenvalue weighted by Crippen LogP contribution is 2.53. The molecule has 3 aliphatic rings. The van der Waals surface area contributed by atoms with Crippen molar-refractivity contribution < 1.29 is 48.4 Å². The van der Waals surface area contributed by atoms with Crippen LogP contribution >= 0.6 is 0 Å². The van der Waals surface area contributed by atoms with Gasteiger partial charge in [-0.2, -0.15) is 0 Å². The fourth-order valence-electron chi connectivity index (χ4n) is 7.17. The number of carbonyl (C=O) groups is 5. The molecule has 6 atom stereocenters. The molecule has 1 amide bonds. The zero-order valence-corrected chi connectivity index (χ0v) is 23.8. The van der Waals surface area contributed by atoms with Crippen molar-refractivity contribution in [2.24, 2.45) is 29.4 Å². The fourth-order valence-corrected chi connectivity index (χ4v) is 7.17. The Morgan fingerprint density at radius 2 is 1.60 bits per heavy atom. The van der Waals surface area contributed by atoms with Crippen molar-refractivity contribution in [2.75, 3.05) is 35.4 Å². The number of rotatable bonds is 6. The predicted octanol–water partition coefficient (Wildman–Crippen LogP) is 0.560. The summed E-state index contributed by atoms with van der Waals surface area (Å²) >= 11 is 0. The van der Waals surface area contributed by atoms with E-state index in [4.69, 9.17) is 19.9 Å². The molecule has 0 aromatic heterocycles. The number of methoxy groups -OCH3 is 3. The van der Waals surface area contributed by atoms with Gasteiger partial charge in [0.25, 0.3) is 0 Å². The fraction of sp³-hybridized carbons (Fsp3) is 0.433. The van der Waals surface area contributed by atoms with Gasteiger partial charge in [-0.25, -0.2) is 0 Å². The van der Waals surface area contributed by atoms with Gasteiger partial charge in [-0.05, 0) is 62.2 Å². The van der Waals surface area contributed by atoms with Gasteiger partial charge in [0.1, 0.15) is 5.75 Å². The Kier molecular flexibility index (Phi) is 7.10. The first-order chi connectivity index (χ1) is 19.8. The number of fused-ring (bicyclic) bond motifs is 3. The monoisotopic (exact) mass is 580 g/mol. The van der Waals surface area contributed by atoms with Crippen molar-refractivity contribution in [1.82, 2.24) is 4.90 Å². The molecule has 2 aromatic rings. The van der Waals surface area contributed by atoms with Crippen LogP contribution in [-0.2, 0) is 25.6 Å². The summed E-state index contributed by atoms with van der Waals surface area (Å²) < 4.78 is 16.6. The summed E-state index contributed by atoms with van der Waals surface area (Å²) in [6, 6.07) is 5.16. The number of hydrogen-bond donors (Lipinski definition) is 3. The number of carbonyl (C=O) groups excluding carboxylic acids is 5. The maximum atomic E-state index is 14.0. The van der Waals surface area contributed by atoms with Gasteiger partial charge in [-0.1, -0.05) is 6.07 Å². The molecule has 0 saturated heterocycles. The Hall–Kier alpha value is -4.29. The minimum atomic E-state index is -2.78. The zero-order chi connectivity index (χ0) is 30.8. The number of phenols is 1. The van der Waals surface area contributed by atoms with Crippen LogP contribution in [-0.4, -0.2) is 91.2 Å². The second kappa shape index (κ2) is 10.2. The molecule has 2 saturated carbocycles. The Morgan fingerprint density at radius 1 is 0.952 bits per heavy atom. The highest BCUT2D eigenvalue weighted by molar-refractivity contribution is 6.32. The Bertz CT molecular complexity index is 1550. The number of aromatic hydroxyl groups is 1. The lowest BCUT2D eigenvalue weighted by Gasteiger charge is -2.52. The highest BCUT2D eigenvalue weighted by atomic mass is 16.5. The molecule has 0 spiro atoms. The molecule has 42 heavy (non-hydrogen) atoms. The molecule has 0 heterocycles. The van der Waals surface area contributed by atoms with Gasteiger partial charge in [0.2, 0.25) is 11.7 Å². The van der Waals surface area contributed by atoms with Crippen LogP contribution in [0.2, 0.25) is 0 Å². The van der Waals surface area contributed by atoms with Crippen LogP contribution in [0, 0.1) is 23.7 Å². The van der Waals surface area contributed by atoms with Gasteiger partial charge in [0, 0.05) is 11.5 Å². The second-order valence-electron chi connectivity index (χ2n) is 11.2. The number of nitrogens with two attached hydrogens (primary N) is 1. The van der Waals surface area contributed by atoms with Crippen molar-refractivity contribution in [3.05, 3.63) is 35.4 Å². The van der Waals surface area contributed by atoms with E-state index in [2.05, 4.69) is 0 Å². The van der Waals surface area contributed by atoms with Gasteiger partial charge >= 0.3 is 0 Å². The lowest BCUT2D eigenvalue weighted by atomic mass is 9.52. The van der Waals surface area contributed by atoms with Crippen LogP contribution in [0.1, 0.15) is 22.3 Å². The molecule has 2 aromatic carbocycles. The molecule has 12 heteroatoms. The first kappa shape index (κ1) is 29.2. The number of amides is 1. The Labute approximate surface area is 241 Å². The molecule has 3 aliphatic carbocycles. The maximum Gasteiger partial charge on any atom is 0.235 e. The van der Waals surface area contributed by atoms with Gasteiger partial charge in [-0.3, -0.25) is 28.9 Å². The molecule has 2 fully saturated rings. The predicted molar refractivity (Wildman–Crippen MR) is 146 cm³/mol. The molecule has 0 aliphatic heterocycles. The molecule has 12 nitrogen and oxygen atoms in total. The molecular weight excluding hydrogens is 548 g/mol. The average molecular weight is 581 g/mol. The third-order valence-corrected chi connectivity index (χ3v) is 8.94. The number of benzene rings is 2. The van der Waals surface area contributed by atoms with E-state index in [0.717, 1.165) is 0 Å². The van der Waals surface area contributed by atoms with Gasteiger partial charge in [0.05, 0.1) is 38.9 Å². The molecular formula is C30H32N2O10. The largest absolute Gasteiger partial charge is 0.507 e. The zero-order valence-electron chi connectivity index (χ0n) is 23.8. The highest BCUT2D eigenvalue weighted by Gasteiger charge is 2.69. The van der Waals surface area contributed by atoms with E-state index in [9.17, 15) is 34.2 Å². The number of Topliss-reactive ketones (excluding diaryl/α,β-unsaturated/α-hetero) is 4. The van der Waals surface area contributed by atoms with E-state index in [1.165, 1.54) is 46.4 Å². The average Bonchev–Trinajstić information content (AvgIpc) is 2.93. The van der Waals surface area contributed by atoms with Crippen molar-refractivity contribution in [2.45, 2.75) is 24.5 Å². The van der Waals surface area contributed by atoms with Crippen molar-refractivity contribution >= 4 is 29.0 Å². The minimum absolute atomic E-state index is 0.0535. The van der Waals surface area contributed by atoms with Gasteiger partial charge in [-0.15, -0.1) is 0 Å². The summed E-state index contributed by atoms with van der Waals surface area (Å²) in [5, 5.41) is 22.6. The van der Waals surface area contributed by atoms with E-state index in [1.807, 2.05) is 0 Å². The standard InChI is InChI=1S/C30H32N2O10/c1-32(2)22-16-11-12-10-15-13(14-7-9-18(40-3)26(42-5)25(14)41-4)6-8-17(33)20(15)23(34)19(12)27(36)30(16,39)28(37)21(24(22)35)29(31)38/h6-9,12,16,19,21-22,33,39H,10-11H2,1-5H3,(H2,31,38)/t12-,16-,19?,21?,22-,30-/m1/s1. The van der Waals surface area contributed by atoms with Gasteiger partial charge < -0.3 is 30.2 Å². The summed E-state index contributed by atoms with van der Waals surface area (Å²) in [5.74, 6) is -10.0. The normalized spacial score (nSPS) is 28.6. The number of primary amides is 1. The van der Waals surface area contributed by atoms with Crippen molar-refractivity contribution in [1.29, 1.82) is 0 Å². The van der Waals surface area contributed by atoms with Crippen LogP contribution < -0.4 is 19.9 Å². The number of phenolic OH excluding ortho intramolecular Hbond substituents is 1. The van der Waals surface area contributed by atoms with Crippen LogP contribution in [0.3, 0.4) is 0 Å². The summed E-state index contributed by atoms with van der Waals surface area (Å²) in [7, 11) is 7.46. The van der Waals surface area contributed by atoms with Crippen LogP contribution in [0.25, 0.3) is 11.1 Å². The molecule has 222 valence electrons. The molecule has 2 unspecified atom stereocenters. The number of ketones is 4. The van der Waals surface area contributed by atoms with E-state index >= 15 is 0 Å². The third-order valence-electron chi connectivity index (χ3n) is 8.94. The SMILES string of the molecule is COc1ccc(-c2ccc(O)c3c2C[C@@H]2C[C@@H]4[C@@H](N(C)C)C(=O)C(C(N)=O)C(=O)[C@]4(O)C(=O)C2C3=O)c(OC)c1OC. The van der Waals surface area contributed by atoms with Crippen LogP contribution in [0.4, 0.5) is 0 Å². The lowest BCUT2D eigenvalue weighted by Crippen LogP contribution is -2.74. The number of aliphatic hydroxyl groups is 1. The third kappa shape index (κ3) is 3.85. The summed E-state index contributed by atoms with van der Waals surface area (Å²) in [6.45, 7) is 0. The number of ether oxygens (including phenoxy) is 3. The first-order valence-corrected chi connectivity index (χ1v) is 13.3. The summed E-state index contributed by atoms with van der Waals surface area (Å²) in [4.78, 5) is 68.3. The smallest absolute Gasteiger partial charge is 0.235 e. The van der Waals surface area contributed by atoms with Gasteiger partial charge in [0.15, 0.2) is 46.2 Å². The Morgan fingerprint density at radius 3 is 2.17 bits per heavy atom. The molecule has 5 rings (SSSR count).